The highest BCUT2D eigenvalue weighted by Crippen LogP contribution is 2.25. The van der Waals surface area contributed by atoms with Crippen molar-refractivity contribution in [3.05, 3.63) is 65.4 Å². The van der Waals surface area contributed by atoms with E-state index in [0.717, 1.165) is 23.3 Å². The highest BCUT2D eigenvalue weighted by atomic mass is 16.6. The van der Waals surface area contributed by atoms with Gasteiger partial charge in [0.25, 0.3) is 0 Å². The minimum Gasteiger partial charge on any atom is -0.496 e. The summed E-state index contributed by atoms with van der Waals surface area (Å²) in [5.41, 5.74) is 2.24. The van der Waals surface area contributed by atoms with Crippen LogP contribution in [0.25, 0.3) is 6.08 Å². The zero-order valence-corrected chi connectivity index (χ0v) is 14.9. The maximum atomic E-state index is 12.1. The number of rotatable bonds is 7. The third kappa shape index (κ3) is 4.30. The molecule has 0 radical (unpaired) electrons. The van der Waals surface area contributed by atoms with E-state index in [9.17, 15) is 4.79 Å². The van der Waals surface area contributed by atoms with Crippen molar-refractivity contribution in [1.82, 2.24) is 0 Å². The summed E-state index contributed by atoms with van der Waals surface area (Å²) in [7, 11) is 1.60. The summed E-state index contributed by atoms with van der Waals surface area (Å²) in [5.74, 6) is 1.37. The molecule has 5 heteroatoms. The predicted molar refractivity (Wildman–Crippen MR) is 100 cm³/mol. The van der Waals surface area contributed by atoms with E-state index in [2.05, 4.69) is 11.9 Å². The van der Waals surface area contributed by atoms with E-state index in [4.69, 9.17) is 14.2 Å². The summed E-state index contributed by atoms with van der Waals surface area (Å²) in [6, 6.07) is 15.4. The molecule has 2 aromatic rings. The molecule has 3 rings (SSSR count). The van der Waals surface area contributed by atoms with Gasteiger partial charge >= 0.3 is 5.97 Å². The summed E-state index contributed by atoms with van der Waals surface area (Å²) in [6.45, 7) is 2.46. The molecule has 0 N–H and O–H groups in total. The fourth-order valence-corrected chi connectivity index (χ4v) is 2.60. The molecule has 0 saturated heterocycles. The van der Waals surface area contributed by atoms with E-state index >= 15 is 0 Å². The van der Waals surface area contributed by atoms with Crippen molar-refractivity contribution in [2.45, 2.75) is 19.8 Å². The number of aryl methyl sites for hydroxylation is 1. The number of ether oxygens (including phenoxy) is 3. The number of para-hydroxylation sites is 1. The number of methoxy groups -OCH3 is 1. The number of aliphatic imine (C=N–C) groups is 1. The Hall–Kier alpha value is -3.08. The summed E-state index contributed by atoms with van der Waals surface area (Å²) in [5, 5.41) is 0. The molecular formula is C21H21NO4. The molecule has 0 bridgehead atoms. The van der Waals surface area contributed by atoms with Gasteiger partial charge in [0.15, 0.2) is 5.70 Å². The normalized spacial score (nSPS) is 14.9. The van der Waals surface area contributed by atoms with Gasteiger partial charge in [0, 0.05) is 5.56 Å². The summed E-state index contributed by atoms with van der Waals surface area (Å²) >= 11 is 0. The second-order valence-electron chi connectivity index (χ2n) is 5.77. The van der Waals surface area contributed by atoms with Gasteiger partial charge in [0.05, 0.1) is 20.1 Å². The van der Waals surface area contributed by atoms with Crippen LogP contribution in [0.2, 0.25) is 0 Å². The fraction of sp³-hybridized carbons (Fsp3) is 0.238. The van der Waals surface area contributed by atoms with Gasteiger partial charge < -0.3 is 14.2 Å². The van der Waals surface area contributed by atoms with Crippen molar-refractivity contribution in [2.75, 3.05) is 13.7 Å². The van der Waals surface area contributed by atoms with Crippen LogP contribution in [0.3, 0.4) is 0 Å². The van der Waals surface area contributed by atoms with E-state index < -0.39 is 5.97 Å². The molecule has 0 saturated carbocycles. The molecule has 1 heterocycles. The van der Waals surface area contributed by atoms with E-state index in [1.807, 2.05) is 48.5 Å². The van der Waals surface area contributed by atoms with Crippen LogP contribution in [0, 0.1) is 0 Å². The second-order valence-corrected chi connectivity index (χ2v) is 5.77. The molecule has 0 atom stereocenters. The van der Waals surface area contributed by atoms with Crippen LogP contribution in [0.5, 0.6) is 11.5 Å². The van der Waals surface area contributed by atoms with Crippen molar-refractivity contribution in [3.63, 3.8) is 0 Å². The molecule has 0 amide bonds. The third-order valence-electron chi connectivity index (χ3n) is 3.99. The van der Waals surface area contributed by atoms with Crippen molar-refractivity contribution in [1.29, 1.82) is 0 Å². The molecule has 0 unspecified atom stereocenters. The first-order chi connectivity index (χ1) is 12.7. The van der Waals surface area contributed by atoms with E-state index in [1.165, 1.54) is 0 Å². The number of carbonyl (C=O) groups excluding carboxylic acids is 1. The lowest BCUT2D eigenvalue weighted by molar-refractivity contribution is -0.130. The highest BCUT2D eigenvalue weighted by Gasteiger charge is 2.23. The van der Waals surface area contributed by atoms with Gasteiger partial charge in [-0.25, -0.2) is 9.79 Å². The molecule has 5 nitrogen and oxygen atoms in total. The van der Waals surface area contributed by atoms with Gasteiger partial charge in [-0.2, -0.15) is 0 Å². The zero-order chi connectivity index (χ0) is 18.4. The lowest BCUT2D eigenvalue weighted by Crippen LogP contribution is -2.08. The molecular weight excluding hydrogens is 330 g/mol. The molecule has 0 spiro atoms. The average molecular weight is 351 g/mol. The van der Waals surface area contributed by atoms with Gasteiger partial charge in [-0.15, -0.1) is 0 Å². The molecule has 0 aromatic heterocycles. The topological polar surface area (TPSA) is 57.1 Å². The lowest BCUT2D eigenvalue weighted by atomic mass is 10.1. The SMILES string of the molecule is CCc1ccc(OC)c(/C=C2/N=C(CCOc3ccccc3)OC2=O)c1. The maximum Gasteiger partial charge on any atom is 0.363 e. The quantitative estimate of drug-likeness (QED) is 0.558. The Balaban J connectivity index is 1.70. The highest BCUT2D eigenvalue weighted by molar-refractivity contribution is 6.07. The maximum absolute atomic E-state index is 12.1. The molecule has 2 aromatic carbocycles. The Morgan fingerprint density at radius 2 is 1.96 bits per heavy atom. The Morgan fingerprint density at radius 1 is 1.15 bits per heavy atom. The standard InChI is InChI=1S/C21H21NO4/c1-3-15-9-10-19(24-2)16(13-15)14-18-21(23)26-20(22-18)11-12-25-17-7-5-4-6-8-17/h4-10,13-14H,3,11-12H2,1-2H3/b18-14+. The van der Waals surface area contributed by atoms with Crippen molar-refractivity contribution >= 4 is 17.9 Å². The van der Waals surface area contributed by atoms with Crippen LogP contribution >= 0.6 is 0 Å². The number of hydrogen-bond donors (Lipinski definition) is 0. The third-order valence-corrected chi connectivity index (χ3v) is 3.99. The largest absolute Gasteiger partial charge is 0.496 e. The number of hydrogen-bond acceptors (Lipinski definition) is 5. The fourth-order valence-electron chi connectivity index (χ4n) is 2.60. The van der Waals surface area contributed by atoms with Crippen LogP contribution in [0.1, 0.15) is 24.5 Å². The molecule has 1 aliphatic rings. The Kier molecular flexibility index (Phi) is 5.69. The number of benzene rings is 2. The van der Waals surface area contributed by atoms with Gasteiger partial charge in [-0.1, -0.05) is 31.2 Å². The van der Waals surface area contributed by atoms with E-state index in [0.29, 0.717) is 24.7 Å². The van der Waals surface area contributed by atoms with Gasteiger partial charge in [-0.3, -0.25) is 0 Å². The molecule has 1 aliphatic heterocycles. The monoisotopic (exact) mass is 351 g/mol. The molecule has 0 fully saturated rings. The van der Waals surface area contributed by atoms with E-state index in [-0.39, 0.29) is 5.70 Å². The molecule has 134 valence electrons. The first kappa shape index (κ1) is 17.7. The minimum atomic E-state index is -0.455. The van der Waals surface area contributed by atoms with Crippen molar-refractivity contribution in [2.24, 2.45) is 4.99 Å². The van der Waals surface area contributed by atoms with Gasteiger partial charge in [0.1, 0.15) is 11.5 Å². The summed E-state index contributed by atoms with van der Waals surface area (Å²) < 4.78 is 16.2. The van der Waals surface area contributed by atoms with Crippen LogP contribution in [0.4, 0.5) is 0 Å². The zero-order valence-electron chi connectivity index (χ0n) is 14.9. The first-order valence-corrected chi connectivity index (χ1v) is 8.56. The van der Waals surface area contributed by atoms with Crippen LogP contribution in [0.15, 0.2) is 59.2 Å². The van der Waals surface area contributed by atoms with E-state index in [1.54, 1.807) is 13.2 Å². The van der Waals surface area contributed by atoms with Crippen LogP contribution in [-0.2, 0) is 16.0 Å². The first-order valence-electron chi connectivity index (χ1n) is 8.56. The van der Waals surface area contributed by atoms with Gasteiger partial charge in [-0.05, 0) is 42.3 Å². The average Bonchev–Trinajstić information content (AvgIpc) is 3.02. The summed E-state index contributed by atoms with van der Waals surface area (Å²) in [4.78, 5) is 16.4. The van der Waals surface area contributed by atoms with Crippen molar-refractivity contribution < 1.29 is 19.0 Å². The van der Waals surface area contributed by atoms with Gasteiger partial charge in [0.2, 0.25) is 5.90 Å². The minimum absolute atomic E-state index is 0.270. The Bertz CT molecular complexity index is 840. The number of nitrogens with zero attached hydrogens (tertiary/aromatic N) is 1. The number of carbonyl (C=O) groups is 1. The smallest absolute Gasteiger partial charge is 0.363 e. The van der Waals surface area contributed by atoms with Crippen LogP contribution in [-0.4, -0.2) is 25.6 Å². The molecule has 0 aliphatic carbocycles. The number of esters is 1. The second kappa shape index (κ2) is 8.34. The van der Waals surface area contributed by atoms with Crippen LogP contribution < -0.4 is 9.47 Å². The molecule has 26 heavy (non-hydrogen) atoms. The van der Waals surface area contributed by atoms with Crippen molar-refractivity contribution in [3.8, 4) is 11.5 Å². The number of cyclic esters (lactones) is 1. The predicted octanol–water partition coefficient (Wildman–Crippen LogP) is 4.02. The lowest BCUT2D eigenvalue weighted by Gasteiger charge is -2.06. The Labute approximate surface area is 152 Å². The Morgan fingerprint density at radius 3 is 2.69 bits per heavy atom. The summed E-state index contributed by atoms with van der Waals surface area (Å²) in [6.07, 6.45) is 3.02.